The summed E-state index contributed by atoms with van der Waals surface area (Å²) in [7, 11) is 2.02. The Kier molecular flexibility index (Phi) is 6.69. The first kappa shape index (κ1) is 16.3. The molecule has 0 aliphatic carbocycles. The Morgan fingerprint density at radius 2 is 1.86 bits per heavy atom. The fraction of sp³-hybridized carbons (Fsp3) is 0.350. The van der Waals surface area contributed by atoms with E-state index in [1.807, 2.05) is 18.3 Å². The van der Waals surface area contributed by atoms with Crippen LogP contribution in [0.2, 0.25) is 0 Å². The Labute approximate surface area is 134 Å². The number of nitrogens with zero attached hydrogens (tertiary/aromatic N) is 2. The molecule has 0 aromatic heterocycles. The van der Waals surface area contributed by atoms with Gasteiger partial charge in [0.05, 0.1) is 6.54 Å². The van der Waals surface area contributed by atoms with Crippen molar-refractivity contribution in [3.63, 3.8) is 0 Å². The maximum absolute atomic E-state index is 4.47. The topological polar surface area (TPSA) is 15.6 Å². The molecular formula is C20H26N2. The normalized spacial score (nSPS) is 11.7. The summed E-state index contributed by atoms with van der Waals surface area (Å²) in [6.07, 6.45) is 11.1. The van der Waals surface area contributed by atoms with Crippen LogP contribution < -0.4 is 0 Å². The number of allylic oxidation sites excluding steroid dienone is 2. The lowest BCUT2D eigenvalue weighted by molar-refractivity contribution is 0.350. The molecule has 2 aromatic carbocycles. The summed E-state index contributed by atoms with van der Waals surface area (Å²) in [5, 5.41) is 9.04. The molecule has 116 valence electrons. The van der Waals surface area contributed by atoms with Crippen molar-refractivity contribution in [2.75, 3.05) is 7.05 Å². The molecule has 0 aliphatic rings. The second kappa shape index (κ2) is 9.04. The molecule has 0 heterocycles. The van der Waals surface area contributed by atoms with Gasteiger partial charge in [0, 0.05) is 13.3 Å². The molecule has 0 radical (unpaired) electrons. The van der Waals surface area contributed by atoms with Gasteiger partial charge in [-0.2, -0.15) is 5.10 Å². The Bertz CT molecular complexity index is 623. The second-order valence-corrected chi connectivity index (χ2v) is 5.64. The lowest BCUT2D eigenvalue weighted by Gasteiger charge is -2.14. The summed E-state index contributed by atoms with van der Waals surface area (Å²) >= 11 is 0. The van der Waals surface area contributed by atoms with Crippen LogP contribution in [0.15, 0.2) is 59.7 Å². The Balaban J connectivity index is 1.89. The van der Waals surface area contributed by atoms with E-state index in [1.54, 1.807) is 0 Å². The SMILES string of the molecule is CCCCC/C=C/C=N/N(C)Cc1cccc2ccccc12. The third-order valence-electron chi connectivity index (χ3n) is 3.74. The molecule has 0 saturated carbocycles. The molecule has 2 heteroatoms. The zero-order valence-corrected chi connectivity index (χ0v) is 13.7. The van der Waals surface area contributed by atoms with Gasteiger partial charge in [-0.05, 0) is 35.3 Å². The Morgan fingerprint density at radius 1 is 1.05 bits per heavy atom. The number of hydrazone groups is 1. The standard InChI is InChI=1S/C20H26N2/c1-3-4-5-6-7-10-16-21-22(2)17-19-14-11-13-18-12-8-9-15-20(18)19/h7-16H,3-6,17H2,1-2H3/b10-7+,21-16+. The summed E-state index contributed by atoms with van der Waals surface area (Å²) in [4.78, 5) is 0. The predicted molar refractivity (Wildman–Crippen MR) is 97.2 cm³/mol. The first-order valence-corrected chi connectivity index (χ1v) is 8.18. The van der Waals surface area contributed by atoms with Gasteiger partial charge in [0.25, 0.3) is 0 Å². The summed E-state index contributed by atoms with van der Waals surface area (Å²) in [6, 6.07) is 14.9. The zero-order valence-electron chi connectivity index (χ0n) is 13.7. The van der Waals surface area contributed by atoms with Crippen molar-refractivity contribution >= 4 is 17.0 Å². The number of unbranched alkanes of at least 4 members (excludes halogenated alkanes) is 3. The number of benzene rings is 2. The van der Waals surface area contributed by atoms with E-state index < -0.39 is 0 Å². The maximum atomic E-state index is 4.47. The molecule has 0 bridgehead atoms. The van der Waals surface area contributed by atoms with E-state index in [0.717, 1.165) is 13.0 Å². The highest BCUT2D eigenvalue weighted by molar-refractivity contribution is 5.85. The fourth-order valence-electron chi connectivity index (χ4n) is 2.54. The highest BCUT2D eigenvalue weighted by Gasteiger charge is 2.01. The lowest BCUT2D eigenvalue weighted by atomic mass is 10.0. The average Bonchev–Trinajstić information content (AvgIpc) is 2.54. The molecule has 2 nitrogen and oxygen atoms in total. The van der Waals surface area contributed by atoms with Crippen molar-refractivity contribution in [2.24, 2.45) is 5.10 Å². The van der Waals surface area contributed by atoms with Gasteiger partial charge in [-0.25, -0.2) is 0 Å². The summed E-state index contributed by atoms with van der Waals surface area (Å²) in [5.41, 5.74) is 1.31. The fourth-order valence-corrected chi connectivity index (χ4v) is 2.54. The molecule has 2 aromatic rings. The smallest absolute Gasteiger partial charge is 0.0613 e. The maximum Gasteiger partial charge on any atom is 0.0613 e. The van der Waals surface area contributed by atoms with Crippen molar-refractivity contribution < 1.29 is 0 Å². The van der Waals surface area contributed by atoms with E-state index in [-0.39, 0.29) is 0 Å². The molecule has 0 amide bonds. The van der Waals surface area contributed by atoms with Crippen LogP contribution in [-0.4, -0.2) is 18.3 Å². The van der Waals surface area contributed by atoms with E-state index >= 15 is 0 Å². The van der Waals surface area contributed by atoms with E-state index in [9.17, 15) is 0 Å². The van der Waals surface area contributed by atoms with Crippen LogP contribution in [0.25, 0.3) is 10.8 Å². The van der Waals surface area contributed by atoms with Crippen molar-refractivity contribution in [2.45, 2.75) is 39.2 Å². The molecule has 0 atom stereocenters. The molecule has 22 heavy (non-hydrogen) atoms. The lowest BCUT2D eigenvalue weighted by Crippen LogP contribution is -2.10. The minimum absolute atomic E-state index is 0.821. The van der Waals surface area contributed by atoms with Gasteiger partial charge >= 0.3 is 0 Å². The van der Waals surface area contributed by atoms with Crippen LogP contribution in [0.5, 0.6) is 0 Å². The van der Waals surface area contributed by atoms with Gasteiger partial charge in [-0.15, -0.1) is 0 Å². The van der Waals surface area contributed by atoms with Crippen LogP contribution in [0.1, 0.15) is 38.2 Å². The third kappa shape index (κ3) is 5.03. The third-order valence-corrected chi connectivity index (χ3v) is 3.74. The molecule has 0 spiro atoms. The van der Waals surface area contributed by atoms with Crippen molar-refractivity contribution in [1.82, 2.24) is 5.01 Å². The van der Waals surface area contributed by atoms with Crippen LogP contribution in [-0.2, 0) is 6.54 Å². The largest absolute Gasteiger partial charge is 0.296 e. The Morgan fingerprint density at radius 3 is 2.73 bits per heavy atom. The van der Waals surface area contributed by atoms with Crippen LogP contribution >= 0.6 is 0 Å². The van der Waals surface area contributed by atoms with Gasteiger partial charge in [0.2, 0.25) is 0 Å². The monoisotopic (exact) mass is 294 g/mol. The van der Waals surface area contributed by atoms with Crippen LogP contribution in [0.4, 0.5) is 0 Å². The summed E-state index contributed by atoms with van der Waals surface area (Å²) in [6.45, 7) is 3.05. The number of hydrogen-bond donors (Lipinski definition) is 0. The number of hydrogen-bond acceptors (Lipinski definition) is 2. The van der Waals surface area contributed by atoms with Gasteiger partial charge in [-0.3, -0.25) is 5.01 Å². The van der Waals surface area contributed by atoms with Crippen LogP contribution in [0, 0.1) is 0 Å². The highest BCUT2D eigenvalue weighted by Crippen LogP contribution is 2.19. The van der Waals surface area contributed by atoms with Gasteiger partial charge in [-0.1, -0.05) is 68.3 Å². The van der Waals surface area contributed by atoms with E-state index in [0.29, 0.717) is 0 Å². The van der Waals surface area contributed by atoms with Crippen LogP contribution in [0.3, 0.4) is 0 Å². The first-order valence-electron chi connectivity index (χ1n) is 8.18. The molecule has 0 aliphatic heterocycles. The van der Waals surface area contributed by atoms with Gasteiger partial charge in [0.1, 0.15) is 0 Å². The van der Waals surface area contributed by atoms with E-state index in [1.165, 1.54) is 35.6 Å². The minimum atomic E-state index is 0.821. The molecule has 0 fully saturated rings. The Hall–Kier alpha value is -2.09. The van der Waals surface area contributed by atoms with Crippen molar-refractivity contribution in [1.29, 1.82) is 0 Å². The summed E-state index contributed by atoms with van der Waals surface area (Å²) in [5.74, 6) is 0. The molecule has 0 N–H and O–H groups in total. The highest BCUT2D eigenvalue weighted by atomic mass is 15.4. The van der Waals surface area contributed by atoms with Crippen molar-refractivity contribution in [3.05, 3.63) is 60.2 Å². The molecule has 0 unspecified atom stereocenters. The average molecular weight is 294 g/mol. The van der Waals surface area contributed by atoms with E-state index in [4.69, 9.17) is 0 Å². The molecule has 0 saturated heterocycles. The summed E-state index contributed by atoms with van der Waals surface area (Å²) < 4.78 is 0. The van der Waals surface area contributed by atoms with Gasteiger partial charge in [0.15, 0.2) is 0 Å². The second-order valence-electron chi connectivity index (χ2n) is 5.64. The molecule has 2 rings (SSSR count). The van der Waals surface area contributed by atoms with Gasteiger partial charge < -0.3 is 0 Å². The molecular weight excluding hydrogens is 268 g/mol. The minimum Gasteiger partial charge on any atom is -0.296 e. The van der Waals surface area contributed by atoms with E-state index in [2.05, 4.69) is 66.6 Å². The quantitative estimate of drug-likeness (QED) is 0.362. The van der Waals surface area contributed by atoms with Crippen molar-refractivity contribution in [3.8, 4) is 0 Å². The predicted octanol–water partition coefficient (Wildman–Crippen LogP) is 5.39. The first-order chi connectivity index (χ1) is 10.8. The zero-order chi connectivity index (χ0) is 15.6. The number of rotatable bonds is 8. The number of fused-ring (bicyclic) bond motifs is 1.